The van der Waals surface area contributed by atoms with E-state index < -0.39 is 11.9 Å². The fraction of sp³-hybridized carbons (Fsp3) is 0.286. The van der Waals surface area contributed by atoms with Gasteiger partial charge in [-0.15, -0.1) is 0 Å². The van der Waals surface area contributed by atoms with Gasteiger partial charge in [0.25, 0.3) is 0 Å². The lowest BCUT2D eigenvalue weighted by Crippen LogP contribution is -2.27. The van der Waals surface area contributed by atoms with Gasteiger partial charge >= 0.3 is 0 Å². The van der Waals surface area contributed by atoms with Gasteiger partial charge < -0.3 is 19.3 Å². The normalized spacial score (nSPS) is 16.7. The van der Waals surface area contributed by atoms with Crippen molar-refractivity contribution >= 4 is 22.6 Å². The largest absolute Gasteiger partial charge is 0.491 e. The number of aliphatic hydroxyl groups excluding tert-OH is 1. The predicted octanol–water partition coefficient (Wildman–Crippen LogP) is 4.75. The monoisotopic (exact) mass is 473 g/mol. The number of para-hydroxylation sites is 3. The Bertz CT molecular complexity index is 1360. The molecule has 0 aliphatic carbocycles. The SMILES string of the molecule is Cc1cc(C)cc(OC[C@@H](O)Cn2c([C@@H]3CC(=O)N(c4ccccc4F)C3)nc3ccccc32)c1. The third-order valence-corrected chi connectivity index (χ3v) is 6.35. The van der Waals surface area contributed by atoms with Crippen molar-refractivity contribution < 1.29 is 19.0 Å². The molecule has 1 aliphatic heterocycles. The summed E-state index contributed by atoms with van der Waals surface area (Å²) in [6.45, 7) is 4.74. The second-order valence-corrected chi connectivity index (χ2v) is 9.21. The maximum absolute atomic E-state index is 14.4. The van der Waals surface area contributed by atoms with Gasteiger partial charge in [0, 0.05) is 18.9 Å². The topological polar surface area (TPSA) is 67.6 Å². The van der Waals surface area contributed by atoms with Crippen LogP contribution in [0, 0.1) is 19.7 Å². The number of aryl methyl sites for hydroxylation is 2. The fourth-order valence-corrected chi connectivity index (χ4v) is 4.85. The molecule has 1 amide bonds. The molecule has 7 heteroatoms. The molecule has 3 aromatic carbocycles. The number of aromatic nitrogens is 2. The smallest absolute Gasteiger partial charge is 0.227 e. The maximum atomic E-state index is 14.4. The molecule has 6 nitrogen and oxygen atoms in total. The van der Waals surface area contributed by atoms with Gasteiger partial charge in [0.05, 0.1) is 23.3 Å². The molecule has 0 radical (unpaired) electrons. The number of halogens is 1. The van der Waals surface area contributed by atoms with Gasteiger partial charge in [-0.3, -0.25) is 4.79 Å². The Morgan fingerprint density at radius 1 is 1.09 bits per heavy atom. The van der Waals surface area contributed by atoms with Crippen molar-refractivity contribution in [2.75, 3.05) is 18.1 Å². The average Bonchev–Trinajstić information content (AvgIpc) is 3.38. The van der Waals surface area contributed by atoms with Gasteiger partial charge in [-0.1, -0.05) is 30.3 Å². The van der Waals surface area contributed by atoms with E-state index in [1.54, 1.807) is 18.2 Å². The lowest BCUT2D eigenvalue weighted by molar-refractivity contribution is -0.117. The summed E-state index contributed by atoms with van der Waals surface area (Å²) in [4.78, 5) is 19.1. The van der Waals surface area contributed by atoms with E-state index in [1.807, 2.05) is 54.8 Å². The maximum Gasteiger partial charge on any atom is 0.227 e. The van der Waals surface area contributed by atoms with E-state index in [4.69, 9.17) is 9.72 Å². The van der Waals surface area contributed by atoms with Crippen molar-refractivity contribution in [1.82, 2.24) is 9.55 Å². The quantitative estimate of drug-likeness (QED) is 0.421. The first-order valence-electron chi connectivity index (χ1n) is 11.8. The number of anilines is 1. The number of fused-ring (bicyclic) bond motifs is 1. The summed E-state index contributed by atoms with van der Waals surface area (Å²) < 4.78 is 22.2. The molecule has 1 aliphatic rings. The highest BCUT2D eigenvalue weighted by molar-refractivity contribution is 5.96. The van der Waals surface area contributed by atoms with Crippen molar-refractivity contribution in [1.29, 1.82) is 0 Å². The highest BCUT2D eigenvalue weighted by Crippen LogP contribution is 2.34. The molecule has 2 heterocycles. The summed E-state index contributed by atoms with van der Waals surface area (Å²) in [6.07, 6.45) is -0.556. The van der Waals surface area contributed by atoms with Crippen LogP contribution in [-0.4, -0.2) is 39.8 Å². The van der Waals surface area contributed by atoms with Crippen LogP contribution in [-0.2, 0) is 11.3 Å². The standard InChI is InChI=1S/C28H28FN3O3/c1-18-11-19(2)13-22(12-18)35-17-21(33)16-32-26-10-6-4-8-24(26)30-28(32)20-14-27(34)31(15-20)25-9-5-3-7-23(25)29/h3-13,20-21,33H,14-17H2,1-2H3/t20-,21+/m1/s1. The molecule has 35 heavy (non-hydrogen) atoms. The van der Waals surface area contributed by atoms with Gasteiger partial charge in [0.1, 0.15) is 30.1 Å². The number of aliphatic hydroxyl groups is 1. The summed E-state index contributed by atoms with van der Waals surface area (Å²) in [5, 5.41) is 10.9. The Morgan fingerprint density at radius 2 is 1.80 bits per heavy atom. The van der Waals surface area contributed by atoms with Crippen LogP contribution >= 0.6 is 0 Å². The van der Waals surface area contributed by atoms with Crippen LogP contribution < -0.4 is 9.64 Å². The fourth-order valence-electron chi connectivity index (χ4n) is 4.85. The molecule has 0 spiro atoms. The number of ether oxygens (including phenoxy) is 1. The van der Waals surface area contributed by atoms with E-state index in [-0.39, 0.29) is 37.1 Å². The first-order valence-corrected chi connectivity index (χ1v) is 11.8. The number of amides is 1. The zero-order valence-electron chi connectivity index (χ0n) is 19.8. The first kappa shape index (κ1) is 23.1. The van der Waals surface area contributed by atoms with Crippen LogP contribution in [0.5, 0.6) is 5.75 Å². The Labute approximate surface area is 203 Å². The number of imidazole rings is 1. The molecule has 1 aromatic heterocycles. The average molecular weight is 474 g/mol. The number of hydrogen-bond donors (Lipinski definition) is 1. The van der Waals surface area contributed by atoms with Crippen LogP contribution in [0.15, 0.2) is 66.7 Å². The zero-order chi connectivity index (χ0) is 24.5. The lowest BCUT2D eigenvalue weighted by atomic mass is 10.1. The Balaban J connectivity index is 1.39. The van der Waals surface area contributed by atoms with Crippen LogP contribution in [0.4, 0.5) is 10.1 Å². The van der Waals surface area contributed by atoms with Gasteiger partial charge in [0.15, 0.2) is 0 Å². The van der Waals surface area contributed by atoms with E-state index in [1.165, 1.54) is 11.0 Å². The summed E-state index contributed by atoms with van der Waals surface area (Å²) in [7, 11) is 0. The minimum absolute atomic E-state index is 0.125. The van der Waals surface area contributed by atoms with E-state index in [2.05, 4.69) is 6.07 Å². The van der Waals surface area contributed by atoms with Gasteiger partial charge in [0.2, 0.25) is 5.91 Å². The van der Waals surface area contributed by atoms with Gasteiger partial charge in [-0.05, 0) is 61.4 Å². The van der Waals surface area contributed by atoms with E-state index in [0.717, 1.165) is 27.9 Å². The number of rotatable bonds is 7. The first-order chi connectivity index (χ1) is 16.9. The number of nitrogens with zero attached hydrogens (tertiary/aromatic N) is 3. The number of carbonyl (C=O) groups excluding carboxylic acids is 1. The van der Waals surface area contributed by atoms with E-state index >= 15 is 0 Å². The Hall–Kier alpha value is -3.71. The van der Waals surface area contributed by atoms with Crippen molar-refractivity contribution in [3.63, 3.8) is 0 Å². The molecular formula is C28H28FN3O3. The van der Waals surface area contributed by atoms with Crippen LogP contribution in [0.3, 0.4) is 0 Å². The number of carbonyl (C=O) groups is 1. The second-order valence-electron chi connectivity index (χ2n) is 9.21. The van der Waals surface area contributed by atoms with Crippen molar-refractivity contribution in [2.45, 2.75) is 38.8 Å². The summed E-state index contributed by atoms with van der Waals surface area (Å²) in [5.74, 6) is 0.649. The van der Waals surface area contributed by atoms with Crippen LogP contribution in [0.1, 0.15) is 29.3 Å². The summed E-state index contributed by atoms with van der Waals surface area (Å²) >= 11 is 0. The molecule has 0 saturated carbocycles. The van der Waals surface area contributed by atoms with Crippen molar-refractivity contribution in [2.24, 2.45) is 0 Å². The van der Waals surface area contributed by atoms with Gasteiger partial charge in [-0.2, -0.15) is 0 Å². The Kier molecular flexibility index (Phi) is 6.26. The van der Waals surface area contributed by atoms with Crippen LogP contribution in [0.2, 0.25) is 0 Å². The van der Waals surface area contributed by atoms with Crippen molar-refractivity contribution in [3.05, 3.63) is 89.5 Å². The second kappa shape index (κ2) is 9.50. The lowest BCUT2D eigenvalue weighted by Gasteiger charge is -2.19. The third kappa shape index (κ3) is 4.77. The number of hydrogen-bond acceptors (Lipinski definition) is 4. The van der Waals surface area contributed by atoms with E-state index in [9.17, 15) is 14.3 Å². The van der Waals surface area contributed by atoms with Gasteiger partial charge in [-0.25, -0.2) is 9.37 Å². The minimum atomic E-state index is -0.785. The Morgan fingerprint density at radius 3 is 2.57 bits per heavy atom. The molecule has 4 aromatic rings. The summed E-state index contributed by atoms with van der Waals surface area (Å²) in [6, 6.07) is 20.0. The van der Waals surface area contributed by atoms with Crippen LogP contribution in [0.25, 0.3) is 11.0 Å². The molecule has 1 N–H and O–H groups in total. The van der Waals surface area contributed by atoms with Crippen molar-refractivity contribution in [3.8, 4) is 5.75 Å². The third-order valence-electron chi connectivity index (χ3n) is 6.35. The predicted molar refractivity (Wildman–Crippen MR) is 133 cm³/mol. The molecule has 2 atom stereocenters. The molecule has 180 valence electrons. The molecule has 5 rings (SSSR count). The highest BCUT2D eigenvalue weighted by Gasteiger charge is 2.36. The van der Waals surface area contributed by atoms with E-state index in [0.29, 0.717) is 12.4 Å². The highest BCUT2D eigenvalue weighted by atomic mass is 19.1. The zero-order valence-corrected chi connectivity index (χ0v) is 19.8. The minimum Gasteiger partial charge on any atom is -0.491 e. The summed E-state index contributed by atoms with van der Waals surface area (Å²) in [5.41, 5.74) is 4.15. The molecule has 0 bridgehead atoms. The molecule has 1 saturated heterocycles. The molecular weight excluding hydrogens is 445 g/mol. The number of benzene rings is 3. The molecule has 0 unspecified atom stereocenters. The molecule has 1 fully saturated rings.